The number of nitrogens with zero attached hydrogens (tertiary/aromatic N) is 2. The van der Waals surface area contributed by atoms with Crippen LogP contribution in [-0.4, -0.2) is 41.9 Å². The van der Waals surface area contributed by atoms with Crippen molar-refractivity contribution in [3.8, 4) is 0 Å². The van der Waals surface area contributed by atoms with E-state index in [0.29, 0.717) is 35.6 Å². The Balaban J connectivity index is 1.36. The Hall–Kier alpha value is -3.35. The maximum Gasteiger partial charge on any atom is 0.265 e. The predicted octanol–water partition coefficient (Wildman–Crippen LogP) is 7.84. The zero-order valence-electron chi connectivity index (χ0n) is 25.1. The van der Waals surface area contributed by atoms with Gasteiger partial charge < -0.3 is 10.2 Å². The summed E-state index contributed by atoms with van der Waals surface area (Å²) in [6, 6.07) is 25.1. The summed E-state index contributed by atoms with van der Waals surface area (Å²) in [5.74, 6) is -0.142. The van der Waals surface area contributed by atoms with Crippen molar-refractivity contribution < 1.29 is 9.59 Å². The minimum Gasteiger partial charge on any atom is -0.351 e. The summed E-state index contributed by atoms with van der Waals surface area (Å²) < 4.78 is 0. The lowest BCUT2D eigenvalue weighted by Crippen LogP contribution is -2.46. The molecular formula is C36H43N3O2S. The summed E-state index contributed by atoms with van der Waals surface area (Å²) in [6.07, 6.45) is 9.52. The highest BCUT2D eigenvalue weighted by molar-refractivity contribution is 8.04. The van der Waals surface area contributed by atoms with Gasteiger partial charge in [-0.2, -0.15) is 0 Å². The molecule has 5 nitrogen and oxygen atoms in total. The number of aryl methyl sites for hydroxylation is 1. The molecule has 0 bridgehead atoms. The first-order chi connectivity index (χ1) is 20.4. The van der Waals surface area contributed by atoms with E-state index in [4.69, 9.17) is 0 Å². The number of benzene rings is 3. The lowest BCUT2D eigenvalue weighted by atomic mass is 9.93. The van der Waals surface area contributed by atoms with Gasteiger partial charge in [0.1, 0.15) is 0 Å². The van der Waals surface area contributed by atoms with Crippen LogP contribution in [0.4, 0.5) is 5.69 Å². The zero-order valence-corrected chi connectivity index (χ0v) is 26.0. The Morgan fingerprint density at radius 1 is 1.05 bits per heavy atom. The van der Waals surface area contributed by atoms with Gasteiger partial charge >= 0.3 is 0 Å². The normalized spacial score (nSPS) is 17.4. The number of amides is 2. The first-order valence-corrected chi connectivity index (χ1v) is 16.2. The van der Waals surface area contributed by atoms with Crippen molar-refractivity contribution in [1.82, 2.24) is 10.2 Å². The molecule has 0 saturated heterocycles. The number of carbonyl (C=O) groups is 2. The van der Waals surface area contributed by atoms with Crippen LogP contribution in [0.1, 0.15) is 79.4 Å². The van der Waals surface area contributed by atoms with Crippen LogP contribution in [0, 0.1) is 6.92 Å². The third-order valence-electron chi connectivity index (χ3n) is 8.56. The molecule has 6 heteroatoms. The SMILES string of the molecule is CC[C@@H](C)N(CCNC(=O)c1ccc2c(c1)N(Cc1cccc(C)c1)C(=O)/C(=C/c1ccccc1)S2)C1CCCCC1. The number of carbonyl (C=O) groups excluding carboxylic acids is 2. The molecule has 1 atom stereocenters. The number of nitrogens with one attached hydrogen (secondary N) is 1. The van der Waals surface area contributed by atoms with E-state index in [2.05, 4.69) is 43.1 Å². The molecule has 0 radical (unpaired) electrons. The van der Waals surface area contributed by atoms with Crippen LogP contribution in [0.2, 0.25) is 0 Å². The Bertz CT molecular complexity index is 1410. The largest absolute Gasteiger partial charge is 0.351 e. The molecule has 3 aromatic rings. The molecular weight excluding hydrogens is 538 g/mol. The fourth-order valence-electron chi connectivity index (χ4n) is 6.11. The highest BCUT2D eigenvalue weighted by atomic mass is 32.2. The lowest BCUT2D eigenvalue weighted by molar-refractivity contribution is -0.114. The molecule has 2 aliphatic rings. The van der Waals surface area contributed by atoms with E-state index in [9.17, 15) is 9.59 Å². The Kier molecular flexibility index (Phi) is 10.2. The average Bonchev–Trinajstić information content (AvgIpc) is 3.01. The lowest BCUT2D eigenvalue weighted by Gasteiger charge is -2.38. The van der Waals surface area contributed by atoms with Gasteiger partial charge in [0.25, 0.3) is 11.8 Å². The Morgan fingerprint density at radius 3 is 2.57 bits per heavy atom. The highest BCUT2D eigenvalue weighted by Gasteiger charge is 2.30. The Labute approximate surface area is 255 Å². The molecule has 0 unspecified atom stereocenters. The van der Waals surface area contributed by atoms with Gasteiger partial charge in [-0.3, -0.25) is 14.5 Å². The molecule has 1 fully saturated rings. The molecule has 3 aromatic carbocycles. The number of anilines is 1. The molecule has 1 saturated carbocycles. The molecule has 0 aromatic heterocycles. The van der Waals surface area contributed by atoms with Crippen LogP contribution in [0.5, 0.6) is 0 Å². The van der Waals surface area contributed by atoms with Crippen LogP contribution in [-0.2, 0) is 11.3 Å². The minimum absolute atomic E-state index is 0.0490. The monoisotopic (exact) mass is 581 g/mol. The van der Waals surface area contributed by atoms with Crippen LogP contribution in [0.25, 0.3) is 6.08 Å². The van der Waals surface area contributed by atoms with Crippen molar-refractivity contribution in [3.63, 3.8) is 0 Å². The summed E-state index contributed by atoms with van der Waals surface area (Å²) in [6.45, 7) is 8.52. The van der Waals surface area contributed by atoms with Gasteiger partial charge in [-0.25, -0.2) is 0 Å². The van der Waals surface area contributed by atoms with E-state index < -0.39 is 0 Å². The number of thioether (sulfide) groups is 1. The highest BCUT2D eigenvalue weighted by Crippen LogP contribution is 2.43. The standard InChI is InChI=1S/C36H43N3O2S/c1-4-27(3)38(31-16-9-6-10-17-31)21-20-37-35(40)30-18-19-33-32(24-30)39(25-29-15-11-12-26(2)22-29)36(41)34(42-33)23-28-13-7-5-8-14-28/h5,7-8,11-15,18-19,22-24,27,31H,4,6,9-10,16-17,20-21,25H2,1-3H3,(H,37,40)/b34-23-/t27-/m1/s1. The first-order valence-electron chi connectivity index (χ1n) is 15.4. The van der Waals surface area contributed by atoms with Gasteiger partial charge in [-0.1, -0.05) is 98.1 Å². The van der Waals surface area contributed by atoms with E-state index in [1.807, 2.05) is 71.6 Å². The molecule has 1 N–H and O–H groups in total. The molecule has 1 aliphatic heterocycles. The molecule has 42 heavy (non-hydrogen) atoms. The van der Waals surface area contributed by atoms with Crippen molar-refractivity contribution in [2.45, 2.75) is 82.8 Å². The maximum absolute atomic E-state index is 13.9. The van der Waals surface area contributed by atoms with E-state index in [0.717, 1.165) is 40.2 Å². The summed E-state index contributed by atoms with van der Waals surface area (Å²) in [5.41, 5.74) is 4.57. The van der Waals surface area contributed by atoms with Crippen molar-refractivity contribution in [2.75, 3.05) is 18.0 Å². The summed E-state index contributed by atoms with van der Waals surface area (Å²) in [7, 11) is 0. The maximum atomic E-state index is 13.9. The zero-order chi connectivity index (χ0) is 29.5. The average molecular weight is 582 g/mol. The van der Waals surface area contributed by atoms with Crippen LogP contribution in [0.15, 0.2) is 82.6 Å². The fraction of sp³-hybridized carbons (Fsp3) is 0.389. The summed E-state index contributed by atoms with van der Waals surface area (Å²) in [4.78, 5) is 33.3. The summed E-state index contributed by atoms with van der Waals surface area (Å²) in [5, 5.41) is 3.18. The minimum atomic E-state index is -0.0934. The van der Waals surface area contributed by atoms with Crippen LogP contribution in [0.3, 0.4) is 0 Å². The van der Waals surface area contributed by atoms with Crippen molar-refractivity contribution in [2.24, 2.45) is 0 Å². The number of fused-ring (bicyclic) bond motifs is 1. The third-order valence-corrected chi connectivity index (χ3v) is 9.64. The molecule has 1 heterocycles. The van der Waals surface area contributed by atoms with Gasteiger partial charge in [0, 0.05) is 35.6 Å². The second-order valence-corrected chi connectivity index (χ2v) is 12.7. The molecule has 5 rings (SSSR count). The smallest absolute Gasteiger partial charge is 0.265 e. The first kappa shape index (κ1) is 30.1. The second kappa shape index (κ2) is 14.2. The summed E-state index contributed by atoms with van der Waals surface area (Å²) >= 11 is 1.47. The van der Waals surface area contributed by atoms with Crippen LogP contribution < -0.4 is 10.2 Å². The molecule has 2 amide bonds. The quantitative estimate of drug-likeness (QED) is 0.248. The van der Waals surface area contributed by atoms with E-state index >= 15 is 0 Å². The van der Waals surface area contributed by atoms with E-state index in [-0.39, 0.29) is 11.8 Å². The fourth-order valence-corrected chi connectivity index (χ4v) is 7.15. The molecule has 1 aliphatic carbocycles. The molecule has 220 valence electrons. The third kappa shape index (κ3) is 7.34. The van der Waals surface area contributed by atoms with Crippen LogP contribution >= 0.6 is 11.8 Å². The predicted molar refractivity (Wildman–Crippen MR) is 175 cm³/mol. The van der Waals surface area contributed by atoms with E-state index in [1.165, 1.54) is 43.9 Å². The Morgan fingerprint density at radius 2 is 1.83 bits per heavy atom. The van der Waals surface area contributed by atoms with Gasteiger partial charge in [0.05, 0.1) is 17.1 Å². The van der Waals surface area contributed by atoms with E-state index in [1.54, 1.807) is 0 Å². The van der Waals surface area contributed by atoms with Gasteiger partial charge in [0.15, 0.2) is 0 Å². The molecule has 0 spiro atoms. The topological polar surface area (TPSA) is 52.7 Å². The number of rotatable bonds is 10. The van der Waals surface area contributed by atoms with Crippen molar-refractivity contribution in [3.05, 3.63) is 100.0 Å². The van der Waals surface area contributed by atoms with Gasteiger partial charge in [0.2, 0.25) is 0 Å². The van der Waals surface area contributed by atoms with Crippen molar-refractivity contribution >= 4 is 35.3 Å². The second-order valence-electron chi connectivity index (χ2n) is 11.6. The number of hydrogen-bond donors (Lipinski definition) is 1. The van der Waals surface area contributed by atoms with Crippen molar-refractivity contribution in [1.29, 1.82) is 0 Å². The number of hydrogen-bond acceptors (Lipinski definition) is 4. The van der Waals surface area contributed by atoms with Gasteiger partial charge in [-0.15, -0.1) is 0 Å². The van der Waals surface area contributed by atoms with Gasteiger partial charge in [-0.05, 0) is 68.5 Å².